The first-order chi connectivity index (χ1) is 28.2. The Balaban J connectivity index is 0.0000124. The van der Waals surface area contributed by atoms with Crippen LogP contribution in [0.1, 0.15) is 135 Å². The van der Waals surface area contributed by atoms with Crippen LogP contribution in [0.4, 0.5) is 0 Å². The van der Waals surface area contributed by atoms with Crippen molar-refractivity contribution < 1.29 is 84.1 Å². The van der Waals surface area contributed by atoms with Crippen LogP contribution in [-0.2, 0) is 38.1 Å². The fourth-order valence-electron chi connectivity index (χ4n) is 7.79. The molecule has 1 amide bonds. The minimum Gasteiger partial charge on any atom is -0.873 e. The predicted molar refractivity (Wildman–Crippen MR) is 209 cm³/mol. The number of hydrogen-bond donors (Lipinski definition) is 7. The van der Waals surface area contributed by atoms with Gasteiger partial charge in [0.2, 0.25) is 0 Å². The first-order valence-corrected chi connectivity index (χ1v) is 21.4. The number of amides is 1. The second-order valence-corrected chi connectivity index (χ2v) is 16.1. The minimum absolute atomic E-state index is 0. The van der Waals surface area contributed by atoms with Crippen LogP contribution in [0.15, 0.2) is 11.3 Å². The third-order valence-corrected chi connectivity index (χ3v) is 11.4. The fraction of sp³-hybridized carbons (Fsp3) is 0.854. The molecule has 3 aliphatic heterocycles. The number of ether oxygens (including phenoxy) is 4. The van der Waals surface area contributed by atoms with E-state index in [1.165, 1.54) is 64.8 Å². The maximum absolute atomic E-state index is 12.5. The Morgan fingerprint density at radius 2 is 1.15 bits per heavy atom. The van der Waals surface area contributed by atoms with Crippen molar-refractivity contribution in [1.82, 2.24) is 4.90 Å². The van der Waals surface area contributed by atoms with E-state index in [1.54, 1.807) is 0 Å². The molecule has 340 valence electrons. The van der Waals surface area contributed by atoms with Crippen molar-refractivity contribution in [3.63, 3.8) is 0 Å². The normalized spacial score (nSPS) is 29.5. The van der Waals surface area contributed by atoms with Crippen molar-refractivity contribution in [2.24, 2.45) is 0 Å². The number of aliphatic hydroxyl groups excluding tert-OH is 6. The van der Waals surface area contributed by atoms with Gasteiger partial charge in [-0.05, 0) is 12.8 Å². The van der Waals surface area contributed by atoms with E-state index >= 15 is 0 Å². The second-order valence-electron chi connectivity index (χ2n) is 16.1. The summed E-state index contributed by atoms with van der Waals surface area (Å²) in [7, 11) is 1.32. The van der Waals surface area contributed by atoms with Gasteiger partial charge in [-0.1, -0.05) is 115 Å². The van der Waals surface area contributed by atoms with Crippen LogP contribution in [0.5, 0.6) is 0 Å². The number of ketones is 1. The summed E-state index contributed by atoms with van der Waals surface area (Å²) in [5, 5.41) is 93.8. The molecule has 3 rings (SSSR count). The van der Waals surface area contributed by atoms with Gasteiger partial charge in [0.25, 0.3) is 5.91 Å². The van der Waals surface area contributed by atoms with Gasteiger partial charge in [0.05, 0.1) is 12.2 Å². The summed E-state index contributed by atoms with van der Waals surface area (Å²) in [5.41, 5.74) is -0.404. The summed E-state index contributed by atoms with van der Waals surface area (Å²) in [6.45, 7) is -0.573. The average Bonchev–Trinajstić information content (AvgIpc) is 3.41. The molecule has 0 unspecified atom stereocenters. The number of carbonyl (C=O) groups is 4. The van der Waals surface area contributed by atoms with Gasteiger partial charge in [-0.25, -0.2) is 4.79 Å². The van der Waals surface area contributed by atoms with Crippen LogP contribution in [0.3, 0.4) is 0 Å². The second kappa shape index (κ2) is 28.6. The van der Waals surface area contributed by atoms with Crippen LogP contribution < -0.4 is 10.2 Å². The monoisotopic (exact) mass is 869 g/mol. The number of carboxylic acids is 2. The number of rotatable bonds is 30. The molecule has 19 heteroatoms. The van der Waals surface area contributed by atoms with Crippen molar-refractivity contribution in [3.8, 4) is 0 Å². The molecule has 0 radical (unpaired) electrons. The van der Waals surface area contributed by atoms with Crippen molar-refractivity contribution >= 4 is 46.7 Å². The maximum atomic E-state index is 12.5. The number of aliphatic hydroxyl groups is 6. The van der Waals surface area contributed by atoms with Crippen molar-refractivity contribution in [2.45, 2.75) is 202 Å². The summed E-state index contributed by atoms with van der Waals surface area (Å²) in [4.78, 5) is 48.6. The molecule has 60 heavy (non-hydrogen) atoms. The van der Waals surface area contributed by atoms with Gasteiger partial charge in [0, 0.05) is 38.5 Å². The van der Waals surface area contributed by atoms with Gasteiger partial charge in [-0.2, -0.15) is 0 Å². The molecular formula is C41H67MgNO17. The Hall–Kier alpha value is -2.01. The van der Waals surface area contributed by atoms with E-state index in [1.807, 2.05) is 0 Å². The molecule has 0 bridgehead atoms. The summed E-state index contributed by atoms with van der Waals surface area (Å²) in [5.74, 6) is -4.90. The zero-order chi connectivity index (χ0) is 43.5. The molecule has 3 aliphatic rings. The number of Topliss-reactive ketones (excluding diaryl/α,β-unsaturated/α-hetero) is 1. The number of unbranched alkanes of at least 4 members (excludes halogenated alkanes) is 18. The molecule has 7 N–H and O–H groups in total. The van der Waals surface area contributed by atoms with E-state index < -0.39 is 115 Å². The molecule has 0 saturated carbocycles. The molecule has 2 saturated heterocycles. The van der Waals surface area contributed by atoms with E-state index in [0.717, 1.165) is 56.3 Å². The molecule has 11 atom stereocenters. The maximum Gasteiger partial charge on any atom is 2.00 e. The zero-order valence-corrected chi connectivity index (χ0v) is 36.4. The molecule has 0 aliphatic carbocycles. The van der Waals surface area contributed by atoms with Gasteiger partial charge >= 0.3 is 29.0 Å². The quantitative estimate of drug-likeness (QED) is 0.0267. The smallest absolute Gasteiger partial charge is 0.873 e. The minimum atomic E-state index is -1.84. The summed E-state index contributed by atoms with van der Waals surface area (Å²) in [6, 6.07) is -1.16. The Morgan fingerprint density at radius 1 is 0.683 bits per heavy atom. The van der Waals surface area contributed by atoms with E-state index in [-0.39, 0.29) is 36.1 Å². The Bertz CT molecular complexity index is 1340. The Morgan fingerprint density at radius 3 is 1.62 bits per heavy atom. The molecular weight excluding hydrogens is 803 g/mol. The van der Waals surface area contributed by atoms with Crippen molar-refractivity contribution in [3.05, 3.63) is 11.3 Å². The van der Waals surface area contributed by atoms with Crippen molar-refractivity contribution in [1.29, 1.82) is 0 Å². The number of carboxylic acid groups (broad SMARTS) is 2. The van der Waals surface area contributed by atoms with Crippen LogP contribution in [0.2, 0.25) is 0 Å². The molecule has 18 nitrogen and oxygen atoms in total. The Labute approximate surface area is 368 Å². The van der Waals surface area contributed by atoms with Gasteiger partial charge in [-0.3, -0.25) is 9.59 Å². The number of hydrogen-bond acceptors (Lipinski definition) is 16. The fourth-order valence-corrected chi connectivity index (χ4v) is 7.79. The Kier molecular flexibility index (Phi) is 25.8. The first-order valence-electron chi connectivity index (χ1n) is 21.4. The molecule has 2 fully saturated rings. The third kappa shape index (κ3) is 16.6. The number of nitrogens with zero attached hydrogens (tertiary/aromatic N) is 1. The first kappa shape index (κ1) is 54.1. The van der Waals surface area contributed by atoms with Gasteiger partial charge < -0.3 is 74.6 Å². The number of carbonyl (C=O) groups excluding carboxylic acids is 3. The van der Waals surface area contributed by atoms with Crippen LogP contribution >= 0.6 is 0 Å². The van der Waals surface area contributed by atoms with Crippen LogP contribution in [0, 0.1) is 0 Å². The number of likely N-dealkylation sites (N-methyl/N-ethyl adjacent to an activating group) is 1. The molecule has 0 spiro atoms. The summed E-state index contributed by atoms with van der Waals surface area (Å²) < 4.78 is 21.6. The van der Waals surface area contributed by atoms with E-state index in [9.17, 15) is 65.1 Å². The largest absolute Gasteiger partial charge is 2.00 e. The average molecular weight is 870 g/mol. The van der Waals surface area contributed by atoms with Gasteiger partial charge in [0.1, 0.15) is 42.7 Å². The van der Waals surface area contributed by atoms with Crippen LogP contribution in [-0.4, -0.2) is 175 Å². The predicted octanol–water partition coefficient (Wildman–Crippen LogP) is -0.695. The zero-order valence-electron chi connectivity index (χ0n) is 35.0. The molecule has 0 aromatic rings. The summed E-state index contributed by atoms with van der Waals surface area (Å²) >= 11 is 0. The third-order valence-electron chi connectivity index (χ3n) is 11.4. The SMILES string of the molecule is CN1C(=O)C(C(=O)CCCCCCCCCCCCCCCCCCCCCO[C@@H]2O[C@H](C(=O)O)[C@H](O[C@@H]3O[C@H](CO)[C@@H](O)[C@H](O)[C@H]3O)[C@H](O)[C@H]2O)=C([O-])[C@H]1CC(=O)[O-].[Mg+2]. The van der Waals surface area contributed by atoms with E-state index in [4.69, 9.17) is 18.9 Å². The standard InChI is InChI=1S/C41H69NO17.Mg/c1-42-25(23-28(45)46)30(47)29(38(42)53)26(44)21-19-17-15-13-11-9-7-5-3-2-4-6-8-10-12-14-16-18-20-22-56-40-35(52)33(50)36(37(59-40)39(54)55)58-41-34(51)32(49)31(48)27(24-43)57-41;/h25,27,31-37,40-41,43,47-52H,2-24H2,1H3,(H,45,46)(H,54,55);/q;+2/p-2/t25-,27-,31-,32+,33-,34-,35-,36-,37+,40-,41+;/m1./s1. The summed E-state index contributed by atoms with van der Waals surface area (Å²) in [6.07, 6.45) is 2.82. The van der Waals surface area contributed by atoms with Gasteiger partial charge in [-0.15, -0.1) is 0 Å². The molecule has 0 aromatic heterocycles. The topological polar surface area (TPSA) is 296 Å². The van der Waals surface area contributed by atoms with Gasteiger partial charge in [0.15, 0.2) is 24.5 Å². The van der Waals surface area contributed by atoms with Crippen molar-refractivity contribution in [2.75, 3.05) is 20.3 Å². The van der Waals surface area contributed by atoms with E-state index in [2.05, 4.69) is 0 Å². The molecule has 0 aromatic carbocycles. The molecule has 3 heterocycles. The number of aliphatic carboxylic acids is 2. The van der Waals surface area contributed by atoms with Crippen LogP contribution in [0.25, 0.3) is 0 Å². The van der Waals surface area contributed by atoms with E-state index in [0.29, 0.717) is 12.8 Å².